The van der Waals surface area contributed by atoms with Crippen molar-refractivity contribution >= 4 is 0 Å². The summed E-state index contributed by atoms with van der Waals surface area (Å²) in [5, 5.41) is 12.6. The van der Waals surface area contributed by atoms with Gasteiger partial charge in [0.05, 0.1) is 12.0 Å². The van der Waals surface area contributed by atoms with Gasteiger partial charge in [-0.2, -0.15) is 13.2 Å². The number of aliphatic hydroxyl groups excluding tert-OH is 1. The Bertz CT molecular complexity index is 274. The maximum absolute atomic E-state index is 12.9. The zero-order chi connectivity index (χ0) is 13.9. The van der Waals surface area contributed by atoms with Gasteiger partial charge < -0.3 is 10.4 Å². The van der Waals surface area contributed by atoms with E-state index in [9.17, 15) is 18.3 Å². The van der Waals surface area contributed by atoms with Crippen molar-refractivity contribution in [3.05, 3.63) is 0 Å². The number of halogens is 3. The molecule has 0 radical (unpaired) electrons. The van der Waals surface area contributed by atoms with Gasteiger partial charge in [0, 0.05) is 6.04 Å². The molecule has 2 N–H and O–H groups in total. The van der Waals surface area contributed by atoms with Crippen molar-refractivity contribution in [3.8, 4) is 0 Å². The van der Waals surface area contributed by atoms with Crippen molar-refractivity contribution in [2.45, 2.75) is 69.7 Å². The second-order valence-corrected chi connectivity index (χ2v) is 6.12. The van der Waals surface area contributed by atoms with Crippen LogP contribution in [0.5, 0.6) is 0 Å². The van der Waals surface area contributed by atoms with Gasteiger partial charge in [-0.3, -0.25) is 0 Å². The zero-order valence-electron chi connectivity index (χ0n) is 11.3. The molecule has 2 nitrogen and oxygen atoms in total. The molecule has 0 heterocycles. The summed E-state index contributed by atoms with van der Waals surface area (Å²) in [5.74, 6) is -0.741. The quantitative estimate of drug-likeness (QED) is 0.831. The van der Waals surface area contributed by atoms with Gasteiger partial charge in [0.1, 0.15) is 0 Å². The molecule has 2 atom stereocenters. The molecule has 0 saturated heterocycles. The van der Waals surface area contributed by atoms with Crippen LogP contribution in [-0.2, 0) is 0 Å². The summed E-state index contributed by atoms with van der Waals surface area (Å²) in [4.78, 5) is 0. The van der Waals surface area contributed by atoms with E-state index in [2.05, 4.69) is 5.32 Å². The SMILES string of the molecule is OC1CCC(CNC2CCCCC2C(F)(F)F)CC1. The van der Waals surface area contributed by atoms with Crippen LogP contribution in [-0.4, -0.2) is 30.0 Å². The molecule has 0 amide bonds. The van der Waals surface area contributed by atoms with E-state index in [1.54, 1.807) is 0 Å². The Morgan fingerprint density at radius 2 is 1.58 bits per heavy atom. The van der Waals surface area contributed by atoms with Gasteiger partial charge >= 0.3 is 6.18 Å². The number of hydrogen-bond donors (Lipinski definition) is 2. The van der Waals surface area contributed by atoms with E-state index < -0.39 is 18.1 Å². The minimum absolute atomic E-state index is 0.200. The van der Waals surface area contributed by atoms with E-state index in [0.29, 0.717) is 25.3 Å². The first-order valence-electron chi connectivity index (χ1n) is 7.45. The van der Waals surface area contributed by atoms with Crippen LogP contribution in [0.3, 0.4) is 0 Å². The fraction of sp³-hybridized carbons (Fsp3) is 1.00. The van der Waals surface area contributed by atoms with Crippen LogP contribution in [0.2, 0.25) is 0 Å². The van der Waals surface area contributed by atoms with Crippen LogP contribution in [0.25, 0.3) is 0 Å². The molecule has 2 rings (SSSR count). The monoisotopic (exact) mass is 279 g/mol. The third kappa shape index (κ3) is 4.35. The highest BCUT2D eigenvalue weighted by molar-refractivity contribution is 4.86. The highest BCUT2D eigenvalue weighted by atomic mass is 19.4. The van der Waals surface area contributed by atoms with Crippen molar-refractivity contribution in [3.63, 3.8) is 0 Å². The molecule has 0 aliphatic heterocycles. The second-order valence-electron chi connectivity index (χ2n) is 6.12. The predicted octanol–water partition coefficient (Wildman–Crippen LogP) is 3.25. The van der Waals surface area contributed by atoms with Crippen molar-refractivity contribution in [2.75, 3.05) is 6.54 Å². The molecule has 0 aromatic rings. The molecule has 0 aromatic heterocycles. The fourth-order valence-electron chi connectivity index (χ4n) is 3.43. The van der Waals surface area contributed by atoms with E-state index in [1.165, 1.54) is 0 Å². The van der Waals surface area contributed by atoms with Crippen LogP contribution >= 0.6 is 0 Å². The Balaban J connectivity index is 1.80. The summed E-state index contributed by atoms with van der Waals surface area (Å²) >= 11 is 0. The average molecular weight is 279 g/mol. The summed E-state index contributed by atoms with van der Waals surface area (Å²) in [6.45, 7) is 0.671. The Hall–Kier alpha value is -0.290. The van der Waals surface area contributed by atoms with E-state index >= 15 is 0 Å². The lowest BCUT2D eigenvalue weighted by Gasteiger charge is -2.35. The van der Waals surface area contributed by atoms with Gasteiger partial charge in [-0.1, -0.05) is 12.8 Å². The van der Waals surface area contributed by atoms with Gasteiger partial charge in [0.2, 0.25) is 0 Å². The topological polar surface area (TPSA) is 32.3 Å². The van der Waals surface area contributed by atoms with Crippen molar-refractivity contribution in [1.29, 1.82) is 0 Å². The van der Waals surface area contributed by atoms with Crippen LogP contribution in [0.4, 0.5) is 13.2 Å². The summed E-state index contributed by atoms with van der Waals surface area (Å²) in [6, 6.07) is -0.402. The zero-order valence-corrected chi connectivity index (χ0v) is 11.3. The predicted molar refractivity (Wildman–Crippen MR) is 67.8 cm³/mol. The number of hydrogen-bond acceptors (Lipinski definition) is 2. The maximum atomic E-state index is 12.9. The summed E-state index contributed by atoms with van der Waals surface area (Å²) < 4.78 is 38.8. The lowest BCUT2D eigenvalue weighted by Crippen LogP contribution is -2.47. The Morgan fingerprint density at radius 1 is 0.947 bits per heavy atom. The number of nitrogens with one attached hydrogen (secondary N) is 1. The standard InChI is InChI=1S/C14H24F3NO/c15-14(16,17)12-3-1-2-4-13(12)18-9-10-5-7-11(19)8-6-10/h10-13,18-19H,1-9H2. The normalized spacial score (nSPS) is 37.3. The lowest BCUT2D eigenvalue weighted by atomic mass is 9.82. The van der Waals surface area contributed by atoms with Gasteiger partial charge in [-0.15, -0.1) is 0 Å². The average Bonchev–Trinajstić information content (AvgIpc) is 2.37. The van der Waals surface area contributed by atoms with Crippen LogP contribution in [0.15, 0.2) is 0 Å². The van der Waals surface area contributed by atoms with Crippen molar-refractivity contribution < 1.29 is 18.3 Å². The second kappa shape index (κ2) is 6.44. The van der Waals surface area contributed by atoms with Gasteiger partial charge in [-0.25, -0.2) is 0 Å². The first-order chi connectivity index (χ1) is 8.97. The Labute approximate surface area is 112 Å². The highest BCUT2D eigenvalue weighted by Crippen LogP contribution is 2.38. The van der Waals surface area contributed by atoms with Gasteiger partial charge in [-0.05, 0) is 51.0 Å². The number of alkyl halides is 3. The fourth-order valence-corrected chi connectivity index (χ4v) is 3.43. The number of aliphatic hydroxyl groups is 1. The molecule has 5 heteroatoms. The third-order valence-electron chi connectivity index (χ3n) is 4.67. The molecule has 19 heavy (non-hydrogen) atoms. The van der Waals surface area contributed by atoms with E-state index in [-0.39, 0.29) is 12.5 Å². The summed E-state index contributed by atoms with van der Waals surface area (Å²) in [5.41, 5.74) is 0. The molecular weight excluding hydrogens is 255 g/mol. The number of rotatable bonds is 3. The van der Waals surface area contributed by atoms with Crippen molar-refractivity contribution in [1.82, 2.24) is 5.32 Å². The first kappa shape index (κ1) is 15.1. The van der Waals surface area contributed by atoms with Gasteiger partial charge in [0.25, 0.3) is 0 Å². The lowest BCUT2D eigenvalue weighted by molar-refractivity contribution is -0.189. The molecule has 2 saturated carbocycles. The van der Waals surface area contributed by atoms with Gasteiger partial charge in [0.15, 0.2) is 0 Å². The van der Waals surface area contributed by atoms with E-state index in [4.69, 9.17) is 0 Å². The molecule has 2 aliphatic carbocycles. The first-order valence-corrected chi connectivity index (χ1v) is 7.45. The Morgan fingerprint density at radius 3 is 2.21 bits per heavy atom. The van der Waals surface area contributed by atoms with E-state index in [1.807, 2.05) is 0 Å². The smallest absolute Gasteiger partial charge is 0.393 e. The molecule has 2 fully saturated rings. The minimum Gasteiger partial charge on any atom is -0.393 e. The molecular formula is C14H24F3NO. The Kier molecular flexibility index (Phi) is 5.12. The third-order valence-corrected chi connectivity index (χ3v) is 4.67. The van der Waals surface area contributed by atoms with E-state index in [0.717, 1.165) is 32.1 Å². The minimum atomic E-state index is -4.07. The molecule has 0 aromatic carbocycles. The summed E-state index contributed by atoms with van der Waals surface area (Å²) in [6.07, 6.45) is 1.67. The molecule has 0 bridgehead atoms. The molecule has 2 aliphatic rings. The highest BCUT2D eigenvalue weighted by Gasteiger charge is 2.45. The van der Waals surface area contributed by atoms with Crippen LogP contribution < -0.4 is 5.32 Å². The molecule has 0 spiro atoms. The van der Waals surface area contributed by atoms with Crippen LogP contribution in [0.1, 0.15) is 51.4 Å². The molecule has 112 valence electrons. The maximum Gasteiger partial charge on any atom is 0.393 e. The summed E-state index contributed by atoms with van der Waals surface area (Å²) in [7, 11) is 0. The van der Waals surface area contributed by atoms with Crippen molar-refractivity contribution in [2.24, 2.45) is 11.8 Å². The van der Waals surface area contributed by atoms with Crippen LogP contribution in [0, 0.1) is 11.8 Å². The largest absolute Gasteiger partial charge is 0.393 e. The molecule has 2 unspecified atom stereocenters.